The van der Waals surface area contributed by atoms with Crippen LogP contribution in [0.3, 0.4) is 0 Å². The van der Waals surface area contributed by atoms with E-state index >= 15 is 0 Å². The van der Waals surface area contributed by atoms with E-state index in [4.69, 9.17) is 32.7 Å². The third kappa shape index (κ3) is 6.40. The van der Waals surface area contributed by atoms with Crippen LogP contribution >= 0.6 is 23.2 Å². The number of hydrogen-bond donors (Lipinski definition) is 1. The first kappa shape index (κ1) is 24.4. The van der Waals surface area contributed by atoms with Crippen molar-refractivity contribution in [1.29, 1.82) is 0 Å². The number of aliphatic imine (C=N–C) groups is 1. The Bertz CT molecular complexity index is 771. The van der Waals surface area contributed by atoms with Gasteiger partial charge in [-0.1, -0.05) is 56.7 Å². The number of amides is 1. The predicted molar refractivity (Wildman–Crippen MR) is 128 cm³/mol. The second-order valence-electron chi connectivity index (χ2n) is 9.79. The van der Waals surface area contributed by atoms with Crippen molar-refractivity contribution in [1.82, 2.24) is 15.1 Å². The molecule has 1 N–H and O–H groups in total. The first-order valence-electron chi connectivity index (χ1n) is 11.0. The number of allylic oxidation sites excluding steroid dienone is 2. The molecule has 1 amide bonds. The molecule has 3 aliphatic rings. The van der Waals surface area contributed by atoms with Gasteiger partial charge in [0.05, 0.1) is 10.7 Å². The summed E-state index contributed by atoms with van der Waals surface area (Å²) >= 11 is 12.4. The van der Waals surface area contributed by atoms with Crippen molar-refractivity contribution in [3.8, 4) is 0 Å². The van der Waals surface area contributed by atoms with Crippen LogP contribution in [0.25, 0.3) is 0 Å². The predicted octanol–water partition coefficient (Wildman–Crippen LogP) is 4.09. The first-order chi connectivity index (χ1) is 14.5. The number of halogens is 2. The minimum atomic E-state index is -1.18. The lowest BCUT2D eigenvalue weighted by atomic mass is 10.1. The smallest absolute Gasteiger partial charge is 0.296 e. The number of hydrogen-bond acceptors (Lipinski definition) is 6. The van der Waals surface area contributed by atoms with E-state index in [0.29, 0.717) is 42.6 Å². The minimum absolute atomic E-state index is 0.000832. The number of nitrogens with one attached hydrogen (secondary N) is 1. The lowest BCUT2D eigenvalue weighted by Gasteiger charge is -2.35. The summed E-state index contributed by atoms with van der Waals surface area (Å²) in [5, 5.41) is 4.01. The van der Waals surface area contributed by atoms with Gasteiger partial charge in [-0.2, -0.15) is 4.99 Å². The summed E-state index contributed by atoms with van der Waals surface area (Å²) in [7, 11) is -1.18. The zero-order valence-corrected chi connectivity index (χ0v) is 21.6. The number of amidine groups is 1. The largest absolute Gasteiger partial charge is 0.461 e. The van der Waals surface area contributed by atoms with Crippen LogP contribution in [0.15, 0.2) is 27.0 Å². The van der Waals surface area contributed by atoms with Gasteiger partial charge in [0.2, 0.25) is 5.91 Å². The Morgan fingerprint density at radius 1 is 1.29 bits per heavy atom. The maximum absolute atomic E-state index is 12.2. The van der Waals surface area contributed by atoms with Gasteiger partial charge in [-0.3, -0.25) is 9.69 Å². The molecule has 0 aromatic carbocycles. The van der Waals surface area contributed by atoms with Crippen molar-refractivity contribution < 1.29 is 14.3 Å². The van der Waals surface area contributed by atoms with Crippen LogP contribution in [0, 0.1) is 5.92 Å². The number of fused-ring (bicyclic) bond motifs is 1. The number of piperidine rings is 1. The fourth-order valence-electron chi connectivity index (χ4n) is 3.62. The highest BCUT2D eigenvalue weighted by Crippen LogP contribution is 2.31. The van der Waals surface area contributed by atoms with Gasteiger partial charge < -0.3 is 19.7 Å². The highest BCUT2D eigenvalue weighted by Gasteiger charge is 2.38. The molecule has 0 radical (unpaired) electrons. The van der Waals surface area contributed by atoms with Gasteiger partial charge in [0.15, 0.2) is 0 Å². The molecule has 7 nitrogen and oxygen atoms in total. The summed E-state index contributed by atoms with van der Waals surface area (Å²) in [5.41, 5.74) is 0.755. The van der Waals surface area contributed by atoms with E-state index < -0.39 is 8.07 Å². The molecule has 3 heterocycles. The van der Waals surface area contributed by atoms with E-state index in [1.807, 2.05) is 23.6 Å². The summed E-state index contributed by atoms with van der Waals surface area (Å²) in [5.74, 6) is 0.216. The molecule has 0 aliphatic carbocycles. The minimum Gasteiger partial charge on any atom is -0.461 e. The van der Waals surface area contributed by atoms with E-state index in [2.05, 4.69) is 30.0 Å². The maximum atomic E-state index is 12.2. The molecule has 10 heteroatoms. The molecule has 174 valence electrons. The van der Waals surface area contributed by atoms with Crippen molar-refractivity contribution in [3.05, 3.63) is 22.0 Å². The number of carbonyl (C=O) groups excluding carboxylic acids is 1. The average Bonchev–Trinajstić information content (AvgIpc) is 3.00. The van der Waals surface area contributed by atoms with E-state index in [1.54, 1.807) is 6.08 Å². The van der Waals surface area contributed by atoms with Crippen LogP contribution in [-0.4, -0.2) is 68.5 Å². The zero-order valence-electron chi connectivity index (χ0n) is 19.1. The summed E-state index contributed by atoms with van der Waals surface area (Å²) < 4.78 is 12.3. The summed E-state index contributed by atoms with van der Waals surface area (Å²) in [6.45, 7) is 13.3. The second kappa shape index (κ2) is 10.1. The Hall–Kier alpha value is -1.22. The molecule has 0 aromatic rings. The molecular formula is C21H34Cl2N4O3Si. The molecule has 1 atom stereocenters. The van der Waals surface area contributed by atoms with E-state index in [-0.39, 0.29) is 24.1 Å². The molecule has 1 saturated heterocycles. The van der Waals surface area contributed by atoms with Crippen molar-refractivity contribution in [3.63, 3.8) is 0 Å². The van der Waals surface area contributed by atoms with Crippen LogP contribution in [0.4, 0.5) is 0 Å². The molecule has 0 spiro atoms. The van der Waals surface area contributed by atoms with E-state index in [9.17, 15) is 4.79 Å². The van der Waals surface area contributed by atoms with Crippen molar-refractivity contribution in [2.75, 3.05) is 26.4 Å². The quantitative estimate of drug-likeness (QED) is 0.332. The number of likely N-dealkylation sites (tertiary alicyclic amines) is 1. The topological polar surface area (TPSA) is 66.4 Å². The molecule has 1 unspecified atom stereocenters. The van der Waals surface area contributed by atoms with Gasteiger partial charge in [0, 0.05) is 46.5 Å². The van der Waals surface area contributed by atoms with Crippen molar-refractivity contribution in [2.45, 2.75) is 64.6 Å². The van der Waals surface area contributed by atoms with Crippen molar-refractivity contribution in [2.24, 2.45) is 10.9 Å². The average molecular weight is 490 g/mol. The fraction of sp³-hybridized carbons (Fsp3) is 0.714. The van der Waals surface area contributed by atoms with Crippen LogP contribution in [0.1, 0.15) is 26.7 Å². The number of rotatable bonds is 7. The molecular weight excluding hydrogens is 455 g/mol. The van der Waals surface area contributed by atoms with E-state index in [0.717, 1.165) is 24.6 Å². The van der Waals surface area contributed by atoms with E-state index in [1.165, 1.54) is 0 Å². The Kier molecular flexibility index (Phi) is 7.99. The summed E-state index contributed by atoms with van der Waals surface area (Å²) in [6, 6.07) is 1.60. The Balaban J connectivity index is 1.63. The Morgan fingerprint density at radius 3 is 2.58 bits per heavy atom. The molecule has 0 aromatic heterocycles. The molecule has 3 rings (SSSR count). The zero-order chi connectivity index (χ0) is 22.8. The third-order valence-corrected chi connectivity index (χ3v) is 7.97. The van der Waals surface area contributed by atoms with Gasteiger partial charge in [-0.05, 0) is 12.1 Å². The molecule has 0 saturated carbocycles. The van der Waals surface area contributed by atoms with Crippen LogP contribution in [-0.2, 0) is 14.3 Å². The van der Waals surface area contributed by atoms with Gasteiger partial charge in [-0.25, -0.2) is 0 Å². The number of dihydropyridines is 1. The van der Waals surface area contributed by atoms with Gasteiger partial charge in [0.25, 0.3) is 6.02 Å². The molecule has 1 fully saturated rings. The normalized spacial score (nSPS) is 22.4. The van der Waals surface area contributed by atoms with Crippen LogP contribution in [0.5, 0.6) is 0 Å². The highest BCUT2D eigenvalue weighted by atomic mass is 35.5. The molecule has 0 bridgehead atoms. The fourth-order valence-corrected chi connectivity index (χ4v) is 4.71. The molecule has 31 heavy (non-hydrogen) atoms. The summed E-state index contributed by atoms with van der Waals surface area (Å²) in [4.78, 5) is 20.8. The first-order valence-corrected chi connectivity index (χ1v) is 15.4. The van der Waals surface area contributed by atoms with Crippen molar-refractivity contribution >= 4 is 43.2 Å². The number of carbonyl (C=O) groups is 1. The highest BCUT2D eigenvalue weighted by molar-refractivity contribution is 6.76. The lowest BCUT2D eigenvalue weighted by Crippen LogP contribution is -2.49. The second-order valence-corrected chi connectivity index (χ2v) is 16.2. The third-order valence-electron chi connectivity index (χ3n) is 5.56. The van der Waals surface area contributed by atoms with Gasteiger partial charge >= 0.3 is 0 Å². The Morgan fingerprint density at radius 2 is 1.97 bits per heavy atom. The Labute approximate surface area is 196 Å². The maximum Gasteiger partial charge on any atom is 0.296 e. The number of nitrogens with zero attached hydrogens (tertiary/aromatic N) is 3. The monoisotopic (exact) mass is 488 g/mol. The van der Waals surface area contributed by atoms with Gasteiger partial charge in [0.1, 0.15) is 24.2 Å². The SMILES string of the molecule is CC(C)C(=O)N1CCC(OC2=NC3=CC(Cl)=C(Cl)NC3N2COCC[Si](C)(C)C)CC1. The summed E-state index contributed by atoms with van der Waals surface area (Å²) in [6.07, 6.45) is 3.05. The van der Waals surface area contributed by atoms with Crippen LogP contribution < -0.4 is 5.32 Å². The number of ether oxygens (including phenoxy) is 2. The van der Waals surface area contributed by atoms with Crippen LogP contribution in [0.2, 0.25) is 25.7 Å². The lowest BCUT2D eigenvalue weighted by molar-refractivity contribution is -0.136. The van der Waals surface area contributed by atoms with Gasteiger partial charge in [-0.15, -0.1) is 0 Å². The standard InChI is InChI=1S/C21H34Cl2N4O3Si/c1-14(2)20(28)26-8-6-15(7-9-26)30-21-24-17-12-16(22)18(23)25-19(17)27(21)13-29-10-11-31(3,4)5/h12,14-15,19,25H,6-11,13H2,1-5H3. The molecule has 3 aliphatic heterocycles.